The minimum Gasteiger partial charge on any atom is -0.481 e. The Morgan fingerprint density at radius 1 is 0.436 bits per heavy atom. The molecule has 101 heavy (non-hydrogen) atoms. The molecule has 2 fully saturated rings. The lowest BCUT2D eigenvalue weighted by atomic mass is 9.62. The molecule has 0 bridgehead atoms. The number of H-pyrrole nitrogens is 2. The molecule has 2 saturated carbocycles. The lowest BCUT2D eigenvalue weighted by molar-refractivity contribution is -0.170. The zero-order chi connectivity index (χ0) is 75.5. The van der Waals surface area contributed by atoms with Crippen LogP contribution in [0.1, 0.15) is 111 Å². The molecule has 6 atom stereocenters. The Morgan fingerprint density at radius 3 is 0.980 bits per heavy atom. The number of hydrogen-bond donors (Lipinski definition) is 18. The fourth-order valence-corrected chi connectivity index (χ4v) is 13.9. The second-order valence-corrected chi connectivity index (χ2v) is 26.5. The number of nitrogens with one attached hydrogen (secondary N) is 4. The SMILES string of the molecule is CN(C)CC1CC2(CCC1(O)c1cccc(F)c1)NCCc1c2[nH]c2cc(F)ccc12.CN(C)CC1CC2(CCC1(O)c1cccc(F)c1)NCCc1c2[nH]c2cc(F)ccc12.O=C(O)CC(O)(CC(=O)O)C(=O)O.O=C(O)CC(O)(CC(=O)O)C(=O)O.O=C(O)CC(O)(CC(=O)O)C(=O)O. The van der Waals surface area contributed by atoms with E-state index < -0.39 is 120 Å². The predicted octanol–water partition coefficient (Wildman–Crippen LogP) is 4.33. The number of benzene rings is 4. The van der Waals surface area contributed by atoms with Gasteiger partial charge < -0.3 is 102 Å². The molecule has 4 heterocycles. The number of carbonyl (C=O) groups is 9. The summed E-state index contributed by atoms with van der Waals surface area (Å²) in [6, 6.07) is 22.6. The molecular weight excluding hydrogens is 1340 g/mol. The van der Waals surface area contributed by atoms with Gasteiger partial charge in [0.1, 0.15) is 23.3 Å². The van der Waals surface area contributed by atoms with Gasteiger partial charge in [-0.05, 0) is 162 Å². The van der Waals surface area contributed by atoms with E-state index in [9.17, 15) is 70.9 Å². The first kappa shape index (κ1) is 80.5. The molecule has 2 spiro atoms. The molecule has 18 N–H and O–H groups in total. The van der Waals surface area contributed by atoms with Crippen LogP contribution < -0.4 is 10.6 Å². The van der Waals surface area contributed by atoms with Gasteiger partial charge in [0.15, 0.2) is 16.8 Å². The highest BCUT2D eigenvalue weighted by Crippen LogP contribution is 2.53. The Kier molecular flexibility index (Phi) is 25.9. The van der Waals surface area contributed by atoms with Gasteiger partial charge in [-0.15, -0.1) is 0 Å². The van der Waals surface area contributed by atoms with Crippen molar-refractivity contribution in [3.05, 3.63) is 142 Å². The zero-order valence-electron chi connectivity index (χ0n) is 55.3. The van der Waals surface area contributed by atoms with Crippen molar-refractivity contribution >= 4 is 75.5 Å². The molecule has 0 saturated heterocycles. The lowest BCUT2D eigenvalue weighted by Gasteiger charge is -2.51. The van der Waals surface area contributed by atoms with Gasteiger partial charge in [0.05, 0.1) is 60.8 Å². The Bertz CT molecular complexity index is 3720. The second kappa shape index (κ2) is 32.5. The van der Waals surface area contributed by atoms with Crippen molar-refractivity contribution in [2.24, 2.45) is 11.8 Å². The van der Waals surface area contributed by atoms with Crippen LogP contribution in [0.15, 0.2) is 84.9 Å². The summed E-state index contributed by atoms with van der Waals surface area (Å²) in [7, 11) is 7.99. The quantitative estimate of drug-likeness (QED) is 0.0446. The van der Waals surface area contributed by atoms with Crippen LogP contribution in [0.5, 0.6) is 0 Å². The maximum atomic E-state index is 14.0. The zero-order valence-corrected chi connectivity index (χ0v) is 55.3. The Balaban J connectivity index is 0.000000213. The summed E-state index contributed by atoms with van der Waals surface area (Å²) in [5, 5.41) is 135. The van der Waals surface area contributed by atoms with E-state index in [1.807, 2.05) is 52.5 Å². The number of fused-ring (bicyclic) bond motifs is 8. The topological polar surface area (TPSA) is 499 Å². The standard InChI is InChI=1S/2C25H29F2N3O.3C6H8O7/c2*1-30(2)15-17-14-24(9-10-25(17,31)16-4-3-5-18(26)12-16)23-21(8-11-28-24)20-7-6-19(27)13-22(20)29-23;3*7-3(8)1-6(13,5(11)12)2-4(9)10/h2*3-7,12-13,17,28-29,31H,8-11,14-15H2,1-2H3;3*13H,1-2H2,(H,7,8)(H,9,10)(H,11,12). The largest absolute Gasteiger partial charge is 0.481 e. The van der Waals surface area contributed by atoms with Gasteiger partial charge in [0, 0.05) is 71.2 Å². The Labute approximate surface area is 573 Å². The fourth-order valence-electron chi connectivity index (χ4n) is 13.9. The predicted molar refractivity (Wildman–Crippen MR) is 347 cm³/mol. The summed E-state index contributed by atoms with van der Waals surface area (Å²) in [6.45, 7) is 3.04. The van der Waals surface area contributed by atoms with Crippen LogP contribution in [0.25, 0.3) is 21.8 Å². The van der Waals surface area contributed by atoms with Crippen LogP contribution in [-0.2, 0) is 78.3 Å². The van der Waals surface area contributed by atoms with Crippen molar-refractivity contribution in [1.29, 1.82) is 0 Å². The highest BCUT2D eigenvalue weighted by atomic mass is 19.1. The number of carboxylic acids is 9. The van der Waals surface area contributed by atoms with E-state index in [0.29, 0.717) is 62.7 Å². The number of aromatic amines is 2. The van der Waals surface area contributed by atoms with Crippen LogP contribution >= 0.6 is 0 Å². The molecule has 2 aliphatic carbocycles. The van der Waals surface area contributed by atoms with Crippen LogP contribution in [0, 0.1) is 35.1 Å². The molecule has 0 radical (unpaired) electrons. The average Bonchev–Trinajstić information content (AvgIpc) is 1.67. The van der Waals surface area contributed by atoms with Crippen molar-refractivity contribution in [2.45, 2.75) is 129 Å². The summed E-state index contributed by atoms with van der Waals surface area (Å²) in [4.78, 5) is 103. The molecule has 2 aromatic heterocycles. The van der Waals surface area contributed by atoms with Crippen LogP contribution in [0.3, 0.4) is 0 Å². The molecule has 4 aliphatic rings. The number of carboxylic acid groups (broad SMARTS) is 9. The average molecular weight is 1430 g/mol. The molecule has 10 rings (SSSR count). The third kappa shape index (κ3) is 19.6. The number of aliphatic carboxylic acids is 9. The summed E-state index contributed by atoms with van der Waals surface area (Å²) in [5.41, 5.74) is -3.40. The maximum Gasteiger partial charge on any atom is 0.336 e. The first-order valence-electron chi connectivity index (χ1n) is 31.5. The van der Waals surface area contributed by atoms with E-state index >= 15 is 0 Å². The van der Waals surface area contributed by atoms with Gasteiger partial charge >= 0.3 is 53.7 Å². The van der Waals surface area contributed by atoms with E-state index in [0.717, 1.165) is 59.1 Å². The van der Waals surface area contributed by atoms with Gasteiger partial charge in [0.25, 0.3) is 0 Å². The van der Waals surface area contributed by atoms with E-state index in [2.05, 4.69) is 30.4 Å². The van der Waals surface area contributed by atoms with Crippen molar-refractivity contribution < 1.29 is 132 Å². The second-order valence-electron chi connectivity index (χ2n) is 26.5. The summed E-state index contributed by atoms with van der Waals surface area (Å²) in [6.07, 6.45) is -1.21. The van der Waals surface area contributed by atoms with E-state index in [1.54, 1.807) is 24.3 Å². The third-order valence-electron chi connectivity index (χ3n) is 18.5. The smallest absolute Gasteiger partial charge is 0.336 e. The lowest BCUT2D eigenvalue weighted by Crippen LogP contribution is -2.57. The van der Waals surface area contributed by atoms with Crippen LogP contribution in [0.2, 0.25) is 0 Å². The number of halogens is 4. The van der Waals surface area contributed by atoms with Gasteiger partial charge in [0.2, 0.25) is 0 Å². The highest BCUT2D eigenvalue weighted by molar-refractivity contribution is 5.90. The van der Waals surface area contributed by atoms with Crippen LogP contribution in [-0.4, -0.2) is 216 Å². The summed E-state index contributed by atoms with van der Waals surface area (Å²) >= 11 is 0. The molecule has 4 aromatic carbocycles. The number of aromatic nitrogens is 2. The number of hydrogen-bond acceptors (Lipinski definition) is 18. The molecule has 550 valence electrons. The third-order valence-corrected chi connectivity index (χ3v) is 18.5. The number of rotatable bonds is 21. The van der Waals surface area contributed by atoms with E-state index in [1.165, 1.54) is 47.5 Å². The molecule has 33 heteroatoms. The summed E-state index contributed by atoms with van der Waals surface area (Å²) in [5.74, 6) is -16.4. The first-order valence-corrected chi connectivity index (χ1v) is 31.5. The first-order chi connectivity index (χ1) is 46.9. The number of aliphatic hydroxyl groups is 5. The van der Waals surface area contributed by atoms with Crippen molar-refractivity contribution in [1.82, 2.24) is 30.4 Å². The van der Waals surface area contributed by atoms with Crippen LogP contribution in [0.4, 0.5) is 17.6 Å². The van der Waals surface area contributed by atoms with E-state index in [-0.39, 0.29) is 46.2 Å². The summed E-state index contributed by atoms with van der Waals surface area (Å²) < 4.78 is 55.7. The molecule has 2 aliphatic heterocycles. The number of nitrogens with zero attached hydrogens (tertiary/aromatic N) is 2. The maximum absolute atomic E-state index is 14.0. The minimum atomic E-state index is -2.74. The molecule has 29 nitrogen and oxygen atoms in total. The van der Waals surface area contributed by atoms with Crippen molar-refractivity contribution in [2.75, 3.05) is 54.4 Å². The van der Waals surface area contributed by atoms with Gasteiger partial charge in [-0.25, -0.2) is 31.9 Å². The van der Waals surface area contributed by atoms with Gasteiger partial charge in [-0.1, -0.05) is 24.3 Å². The molecular formula is C68H82F4N6O23. The van der Waals surface area contributed by atoms with E-state index in [4.69, 9.17) is 61.3 Å². The normalized spacial score (nSPS) is 21.6. The fraction of sp³-hybridized carbons (Fsp3) is 0.456. The van der Waals surface area contributed by atoms with Crippen molar-refractivity contribution in [3.63, 3.8) is 0 Å². The molecule has 6 aromatic rings. The Morgan fingerprint density at radius 2 is 0.723 bits per heavy atom. The molecule has 0 amide bonds. The molecule has 6 unspecified atom stereocenters. The monoisotopic (exact) mass is 1430 g/mol. The van der Waals surface area contributed by atoms with Gasteiger partial charge in [-0.3, -0.25) is 28.8 Å². The van der Waals surface area contributed by atoms with Crippen molar-refractivity contribution in [3.8, 4) is 0 Å². The highest BCUT2D eigenvalue weighted by Gasteiger charge is 2.54. The van der Waals surface area contributed by atoms with Gasteiger partial charge in [-0.2, -0.15) is 0 Å². The minimum absolute atomic E-state index is 0.0975. The Hall–Kier alpha value is -9.45.